The second kappa shape index (κ2) is 8.45. The fourth-order valence-corrected chi connectivity index (χ4v) is 2.43. The molecule has 1 aliphatic heterocycles. The summed E-state index contributed by atoms with van der Waals surface area (Å²) in [4.78, 5) is 28.1. The van der Waals surface area contributed by atoms with E-state index >= 15 is 0 Å². The molecule has 7 nitrogen and oxygen atoms in total. The van der Waals surface area contributed by atoms with Crippen LogP contribution in [0.4, 0.5) is 0 Å². The van der Waals surface area contributed by atoms with Crippen LogP contribution in [-0.4, -0.2) is 36.2 Å². The van der Waals surface area contributed by atoms with Gasteiger partial charge >= 0.3 is 5.97 Å². The fraction of sp³-hybridized carbons (Fsp3) is 0.533. The first-order chi connectivity index (χ1) is 10.7. The summed E-state index contributed by atoms with van der Waals surface area (Å²) in [6, 6.07) is 9.14. The molecule has 0 bridgehead atoms. The summed E-state index contributed by atoms with van der Waals surface area (Å²) < 4.78 is 4.96. The van der Waals surface area contributed by atoms with Gasteiger partial charge in [0.1, 0.15) is 6.04 Å². The molecule has 1 saturated heterocycles. The number of esters is 1. The molecule has 0 radical (unpaired) electrons. The Balaban J connectivity index is 1.78. The van der Waals surface area contributed by atoms with Gasteiger partial charge in [0.15, 0.2) is 0 Å². The monoisotopic (exact) mass is 307 g/mol. The molecule has 120 valence electrons. The van der Waals surface area contributed by atoms with Crippen LogP contribution in [-0.2, 0) is 21.0 Å². The van der Waals surface area contributed by atoms with Crippen molar-refractivity contribution in [2.75, 3.05) is 13.2 Å². The van der Waals surface area contributed by atoms with E-state index in [4.69, 9.17) is 9.57 Å². The summed E-state index contributed by atoms with van der Waals surface area (Å²) in [5.41, 5.74) is 3.99. The molecule has 7 heteroatoms. The molecule has 1 heterocycles. The number of benzene rings is 1. The van der Waals surface area contributed by atoms with Crippen LogP contribution in [0.3, 0.4) is 0 Å². The molecule has 1 N–H and O–H groups in total. The SMILES string of the molecule is CCOC(=O)[C@@H]1CC[C@@H](NOCc2ccccc2)CN1N=O. The Hall–Kier alpha value is -1.99. The van der Waals surface area contributed by atoms with Crippen molar-refractivity contribution in [1.82, 2.24) is 10.5 Å². The predicted molar refractivity (Wildman–Crippen MR) is 80.3 cm³/mol. The van der Waals surface area contributed by atoms with E-state index < -0.39 is 12.0 Å². The van der Waals surface area contributed by atoms with Gasteiger partial charge in [-0.05, 0) is 25.3 Å². The lowest BCUT2D eigenvalue weighted by Gasteiger charge is -2.34. The summed E-state index contributed by atoms with van der Waals surface area (Å²) in [5, 5.41) is 4.16. The third kappa shape index (κ3) is 4.51. The number of hydrogen-bond donors (Lipinski definition) is 1. The summed E-state index contributed by atoms with van der Waals surface area (Å²) in [6.45, 7) is 2.79. The van der Waals surface area contributed by atoms with Crippen molar-refractivity contribution in [2.45, 2.75) is 38.5 Å². The molecule has 0 saturated carbocycles. The predicted octanol–water partition coefficient (Wildman–Crippen LogP) is 1.79. The summed E-state index contributed by atoms with van der Waals surface area (Å²) >= 11 is 0. The van der Waals surface area contributed by atoms with Gasteiger partial charge in [-0.2, -0.15) is 5.48 Å². The van der Waals surface area contributed by atoms with E-state index in [-0.39, 0.29) is 6.04 Å². The van der Waals surface area contributed by atoms with E-state index in [0.717, 1.165) is 5.56 Å². The lowest BCUT2D eigenvalue weighted by Crippen LogP contribution is -2.51. The fourth-order valence-electron chi connectivity index (χ4n) is 2.43. The zero-order valence-corrected chi connectivity index (χ0v) is 12.6. The molecule has 1 aromatic carbocycles. The van der Waals surface area contributed by atoms with Crippen LogP contribution < -0.4 is 5.48 Å². The zero-order valence-electron chi connectivity index (χ0n) is 12.6. The minimum absolute atomic E-state index is 0.0490. The molecular weight excluding hydrogens is 286 g/mol. The number of hydroxylamine groups is 1. The second-order valence-corrected chi connectivity index (χ2v) is 5.14. The van der Waals surface area contributed by atoms with E-state index in [1.807, 2.05) is 30.3 Å². The van der Waals surface area contributed by atoms with Gasteiger partial charge in [0, 0.05) is 0 Å². The topological polar surface area (TPSA) is 80.2 Å². The normalized spacial score (nSPS) is 21.4. The summed E-state index contributed by atoms with van der Waals surface area (Å²) in [5.74, 6) is -0.397. The molecule has 0 amide bonds. The lowest BCUT2D eigenvalue weighted by molar-refractivity contribution is -0.152. The third-order valence-corrected chi connectivity index (χ3v) is 3.55. The number of nitrogens with zero attached hydrogens (tertiary/aromatic N) is 2. The van der Waals surface area contributed by atoms with E-state index in [2.05, 4.69) is 10.8 Å². The molecule has 1 fully saturated rings. The molecule has 1 aliphatic rings. The first kappa shape index (κ1) is 16.4. The molecular formula is C15H21N3O4. The number of carbonyl (C=O) groups is 1. The first-order valence-electron chi connectivity index (χ1n) is 7.42. The average molecular weight is 307 g/mol. The van der Waals surface area contributed by atoms with Crippen molar-refractivity contribution in [3.05, 3.63) is 40.8 Å². The Morgan fingerprint density at radius 2 is 2.14 bits per heavy atom. The maximum absolute atomic E-state index is 11.8. The lowest BCUT2D eigenvalue weighted by atomic mass is 10.0. The van der Waals surface area contributed by atoms with Crippen molar-refractivity contribution in [3.63, 3.8) is 0 Å². The van der Waals surface area contributed by atoms with E-state index in [1.54, 1.807) is 6.92 Å². The zero-order chi connectivity index (χ0) is 15.8. The van der Waals surface area contributed by atoms with Gasteiger partial charge in [0.25, 0.3) is 0 Å². The molecule has 0 aromatic heterocycles. The van der Waals surface area contributed by atoms with Crippen molar-refractivity contribution in [1.29, 1.82) is 0 Å². The van der Waals surface area contributed by atoms with Gasteiger partial charge < -0.3 is 4.74 Å². The van der Waals surface area contributed by atoms with Crippen molar-refractivity contribution in [3.8, 4) is 0 Å². The Morgan fingerprint density at radius 1 is 1.36 bits per heavy atom. The standard InChI is InChI=1S/C15H21N3O4/c1-2-21-15(19)14-9-8-13(10-18(14)17-20)16-22-11-12-6-4-3-5-7-12/h3-7,13-14,16H,2,8-11H2,1H3/t13-,14+/m1/s1. The van der Waals surface area contributed by atoms with E-state index in [9.17, 15) is 9.70 Å². The van der Waals surface area contributed by atoms with Crippen molar-refractivity contribution >= 4 is 5.97 Å². The van der Waals surface area contributed by atoms with Gasteiger partial charge in [-0.1, -0.05) is 30.3 Å². The number of ether oxygens (including phenoxy) is 1. The number of rotatable bonds is 7. The molecule has 2 atom stereocenters. The number of hydrogen-bond acceptors (Lipinski definition) is 6. The maximum atomic E-state index is 11.8. The van der Waals surface area contributed by atoms with Gasteiger partial charge in [-0.15, -0.1) is 4.91 Å². The maximum Gasteiger partial charge on any atom is 0.330 e. The first-order valence-corrected chi connectivity index (χ1v) is 7.42. The molecule has 1 aromatic rings. The van der Waals surface area contributed by atoms with Crippen LogP contribution in [0.1, 0.15) is 25.3 Å². The molecule has 22 heavy (non-hydrogen) atoms. The highest BCUT2D eigenvalue weighted by Gasteiger charge is 2.34. The largest absolute Gasteiger partial charge is 0.464 e. The third-order valence-electron chi connectivity index (χ3n) is 3.55. The van der Waals surface area contributed by atoms with Crippen LogP contribution in [0.15, 0.2) is 35.6 Å². The van der Waals surface area contributed by atoms with Crippen LogP contribution in [0.5, 0.6) is 0 Å². The van der Waals surface area contributed by atoms with Crippen LogP contribution in [0, 0.1) is 4.91 Å². The summed E-state index contributed by atoms with van der Waals surface area (Å²) in [7, 11) is 0. The van der Waals surface area contributed by atoms with Gasteiger partial charge in [0.2, 0.25) is 0 Å². The molecule has 0 aliphatic carbocycles. The van der Waals surface area contributed by atoms with Crippen LogP contribution >= 0.6 is 0 Å². The quantitative estimate of drug-likeness (QED) is 0.470. The Bertz CT molecular complexity index is 483. The number of piperidine rings is 1. The highest BCUT2D eigenvalue weighted by atomic mass is 16.6. The number of nitrogens with one attached hydrogen (secondary N) is 1. The molecule has 0 unspecified atom stereocenters. The number of nitroso groups, excluding NO2 is 1. The minimum atomic E-state index is -0.593. The van der Waals surface area contributed by atoms with Crippen molar-refractivity contribution in [2.24, 2.45) is 5.29 Å². The average Bonchev–Trinajstić information content (AvgIpc) is 2.56. The van der Waals surface area contributed by atoms with Gasteiger partial charge in [-0.3, -0.25) is 4.84 Å². The van der Waals surface area contributed by atoms with E-state index in [1.165, 1.54) is 5.01 Å². The number of carbonyl (C=O) groups excluding carboxylic acids is 1. The van der Waals surface area contributed by atoms with E-state index in [0.29, 0.717) is 32.6 Å². The Kier molecular flexibility index (Phi) is 6.29. The molecule has 2 rings (SSSR count). The molecule has 0 spiro atoms. The Labute approximate surface area is 129 Å². The summed E-state index contributed by atoms with van der Waals surface area (Å²) in [6.07, 6.45) is 1.22. The highest BCUT2D eigenvalue weighted by Crippen LogP contribution is 2.19. The smallest absolute Gasteiger partial charge is 0.330 e. The van der Waals surface area contributed by atoms with Gasteiger partial charge in [-0.25, -0.2) is 9.80 Å². The van der Waals surface area contributed by atoms with Crippen molar-refractivity contribution < 1.29 is 14.4 Å². The Morgan fingerprint density at radius 3 is 2.82 bits per heavy atom. The minimum Gasteiger partial charge on any atom is -0.464 e. The van der Waals surface area contributed by atoms with Gasteiger partial charge in [0.05, 0.1) is 31.1 Å². The van der Waals surface area contributed by atoms with Crippen LogP contribution in [0.2, 0.25) is 0 Å². The van der Waals surface area contributed by atoms with Crippen LogP contribution in [0.25, 0.3) is 0 Å². The second-order valence-electron chi connectivity index (χ2n) is 5.14. The highest BCUT2D eigenvalue weighted by molar-refractivity contribution is 5.75.